The lowest BCUT2D eigenvalue weighted by Gasteiger charge is -2.31. The van der Waals surface area contributed by atoms with Crippen molar-refractivity contribution in [2.75, 3.05) is 36.5 Å². The number of carbonyl (C=O) groups excluding carboxylic acids is 2. The molecular weight excluding hydrogens is 485 g/mol. The van der Waals surface area contributed by atoms with Gasteiger partial charge < -0.3 is 20.3 Å². The maximum atomic E-state index is 13.5. The summed E-state index contributed by atoms with van der Waals surface area (Å²) >= 11 is 0. The summed E-state index contributed by atoms with van der Waals surface area (Å²) in [4.78, 5) is 32.9. The fraction of sp³-hybridized carbons (Fsp3) is 0.222. The Morgan fingerprint density at radius 3 is 2.43 bits per heavy atom. The highest BCUT2D eigenvalue weighted by atomic mass is 19.4. The minimum atomic E-state index is -4.64. The SMILES string of the molecule is O=C(NC1N=C(c2ccccc2)c2ccccc2NC1=O)c1cc(C(F)(F)F)ccc1N1CCOCC1. The van der Waals surface area contributed by atoms with Crippen molar-refractivity contribution in [3.05, 3.63) is 95.1 Å². The summed E-state index contributed by atoms with van der Waals surface area (Å²) < 4.78 is 45.9. The van der Waals surface area contributed by atoms with Crippen LogP contribution in [-0.2, 0) is 15.7 Å². The van der Waals surface area contributed by atoms with Crippen LogP contribution in [0.25, 0.3) is 0 Å². The second-order valence-corrected chi connectivity index (χ2v) is 8.58. The summed E-state index contributed by atoms with van der Waals surface area (Å²) in [7, 11) is 0. The maximum absolute atomic E-state index is 13.5. The van der Waals surface area contributed by atoms with Gasteiger partial charge in [-0.3, -0.25) is 9.59 Å². The Hall–Kier alpha value is -4.18. The van der Waals surface area contributed by atoms with Gasteiger partial charge in [0.2, 0.25) is 6.17 Å². The van der Waals surface area contributed by atoms with Crippen LogP contribution < -0.4 is 15.5 Å². The smallest absolute Gasteiger partial charge is 0.378 e. The van der Waals surface area contributed by atoms with Crippen molar-refractivity contribution in [1.29, 1.82) is 0 Å². The lowest BCUT2D eigenvalue weighted by Crippen LogP contribution is -2.43. The summed E-state index contributed by atoms with van der Waals surface area (Å²) in [6.45, 7) is 1.61. The van der Waals surface area contributed by atoms with Crippen LogP contribution >= 0.6 is 0 Å². The first-order chi connectivity index (χ1) is 17.8. The van der Waals surface area contributed by atoms with Gasteiger partial charge in [-0.1, -0.05) is 48.5 Å². The van der Waals surface area contributed by atoms with Gasteiger partial charge in [-0.2, -0.15) is 13.2 Å². The topological polar surface area (TPSA) is 83.0 Å². The molecule has 0 bridgehead atoms. The molecule has 5 rings (SSSR count). The molecule has 190 valence electrons. The third kappa shape index (κ3) is 5.19. The van der Waals surface area contributed by atoms with Crippen LogP contribution in [0.15, 0.2) is 77.8 Å². The van der Waals surface area contributed by atoms with Crippen LogP contribution in [0.2, 0.25) is 0 Å². The van der Waals surface area contributed by atoms with Crippen molar-refractivity contribution in [1.82, 2.24) is 5.32 Å². The Morgan fingerprint density at radius 2 is 1.70 bits per heavy atom. The lowest BCUT2D eigenvalue weighted by atomic mass is 10.0. The minimum Gasteiger partial charge on any atom is -0.378 e. The number of hydrogen-bond acceptors (Lipinski definition) is 5. The van der Waals surface area contributed by atoms with Gasteiger partial charge >= 0.3 is 6.18 Å². The highest BCUT2D eigenvalue weighted by Gasteiger charge is 2.34. The predicted molar refractivity (Wildman–Crippen MR) is 133 cm³/mol. The molecule has 1 saturated heterocycles. The van der Waals surface area contributed by atoms with Crippen molar-refractivity contribution in [3.63, 3.8) is 0 Å². The summed E-state index contributed by atoms with van der Waals surface area (Å²) in [5.41, 5.74) is 1.55. The van der Waals surface area contributed by atoms with Crippen LogP contribution in [0.1, 0.15) is 27.0 Å². The fourth-order valence-corrected chi connectivity index (χ4v) is 4.36. The van der Waals surface area contributed by atoms with Gasteiger partial charge in [-0.15, -0.1) is 0 Å². The summed E-state index contributed by atoms with van der Waals surface area (Å²) in [5.74, 6) is -1.44. The molecule has 0 saturated carbocycles. The van der Waals surface area contributed by atoms with E-state index in [9.17, 15) is 22.8 Å². The van der Waals surface area contributed by atoms with E-state index in [-0.39, 0.29) is 5.56 Å². The van der Waals surface area contributed by atoms with Crippen LogP contribution in [0, 0.1) is 0 Å². The number of alkyl halides is 3. The molecule has 1 fully saturated rings. The number of benzodiazepines with no additional fused rings is 1. The van der Waals surface area contributed by atoms with E-state index < -0.39 is 29.7 Å². The number of morpholine rings is 1. The van der Waals surface area contributed by atoms with Crippen molar-refractivity contribution in [2.45, 2.75) is 12.3 Å². The number of nitrogens with one attached hydrogen (secondary N) is 2. The standard InChI is InChI=1S/C27H23F3N4O3/c28-27(29,30)18-10-11-22(34-12-14-37-15-13-34)20(16-18)25(35)33-24-26(36)31-21-9-5-4-8-19(21)23(32-24)17-6-2-1-3-7-17/h1-11,16,24H,12-15H2,(H,31,36)(H,33,35). The molecule has 1 unspecified atom stereocenters. The van der Waals surface area contributed by atoms with E-state index in [1.165, 1.54) is 6.07 Å². The molecule has 3 aromatic rings. The number of amides is 2. The first kappa shape index (κ1) is 24.5. The van der Waals surface area contributed by atoms with Crippen molar-refractivity contribution < 1.29 is 27.5 Å². The molecule has 2 heterocycles. The van der Waals surface area contributed by atoms with Gasteiger partial charge in [0.1, 0.15) is 0 Å². The number of rotatable bonds is 4. The Labute approximate surface area is 211 Å². The number of anilines is 2. The zero-order valence-corrected chi connectivity index (χ0v) is 19.6. The van der Waals surface area contributed by atoms with E-state index in [4.69, 9.17) is 4.74 Å². The van der Waals surface area contributed by atoms with Crippen LogP contribution in [-0.4, -0.2) is 50.0 Å². The van der Waals surface area contributed by atoms with Crippen LogP contribution in [0.5, 0.6) is 0 Å². The van der Waals surface area contributed by atoms with Gasteiger partial charge in [-0.05, 0) is 24.3 Å². The van der Waals surface area contributed by atoms with Gasteiger partial charge in [-0.25, -0.2) is 4.99 Å². The Kier molecular flexibility index (Phi) is 6.66. The molecule has 7 nitrogen and oxygen atoms in total. The van der Waals surface area contributed by atoms with E-state index in [1.54, 1.807) is 29.2 Å². The van der Waals surface area contributed by atoms with Gasteiger partial charge in [0.25, 0.3) is 11.8 Å². The average molecular weight is 509 g/mol. The number of aliphatic imine (C=N–C) groups is 1. The largest absolute Gasteiger partial charge is 0.416 e. The first-order valence-corrected chi connectivity index (χ1v) is 11.7. The van der Waals surface area contributed by atoms with E-state index in [0.29, 0.717) is 49.0 Å². The van der Waals surface area contributed by atoms with Gasteiger partial charge in [0, 0.05) is 29.9 Å². The molecule has 0 aliphatic carbocycles. The Balaban J connectivity index is 1.53. The number of ether oxygens (including phenoxy) is 1. The van der Waals surface area contributed by atoms with E-state index in [2.05, 4.69) is 15.6 Å². The number of carbonyl (C=O) groups is 2. The third-order valence-electron chi connectivity index (χ3n) is 6.18. The zero-order chi connectivity index (χ0) is 26.0. The second-order valence-electron chi connectivity index (χ2n) is 8.58. The van der Waals surface area contributed by atoms with E-state index >= 15 is 0 Å². The molecule has 0 spiro atoms. The molecule has 2 aliphatic heterocycles. The highest BCUT2D eigenvalue weighted by Crippen LogP contribution is 2.33. The monoisotopic (exact) mass is 508 g/mol. The van der Waals surface area contributed by atoms with Crippen molar-refractivity contribution in [2.24, 2.45) is 4.99 Å². The minimum absolute atomic E-state index is 0.192. The van der Waals surface area contributed by atoms with E-state index in [0.717, 1.165) is 17.7 Å². The number of para-hydroxylation sites is 1. The molecule has 2 amide bonds. The molecular formula is C27H23F3N4O3. The number of halogens is 3. The molecule has 37 heavy (non-hydrogen) atoms. The van der Waals surface area contributed by atoms with Crippen molar-refractivity contribution in [3.8, 4) is 0 Å². The quantitative estimate of drug-likeness (QED) is 0.556. The predicted octanol–water partition coefficient (Wildman–Crippen LogP) is 4.09. The summed E-state index contributed by atoms with van der Waals surface area (Å²) in [5, 5.41) is 5.32. The van der Waals surface area contributed by atoms with E-state index in [1.807, 2.05) is 30.3 Å². The first-order valence-electron chi connectivity index (χ1n) is 11.7. The third-order valence-corrected chi connectivity index (χ3v) is 6.18. The molecule has 10 heteroatoms. The van der Waals surface area contributed by atoms with Gasteiger partial charge in [0.05, 0.1) is 35.7 Å². The number of fused-ring (bicyclic) bond motifs is 1. The number of nitrogens with zero attached hydrogens (tertiary/aromatic N) is 2. The normalized spacial score (nSPS) is 17.8. The number of benzene rings is 3. The summed E-state index contributed by atoms with van der Waals surface area (Å²) in [6.07, 6.45) is -6.01. The maximum Gasteiger partial charge on any atom is 0.416 e. The van der Waals surface area contributed by atoms with Crippen LogP contribution in [0.4, 0.5) is 24.5 Å². The Bertz CT molecular complexity index is 1350. The fourth-order valence-electron chi connectivity index (χ4n) is 4.36. The molecule has 3 aromatic carbocycles. The van der Waals surface area contributed by atoms with Crippen LogP contribution in [0.3, 0.4) is 0 Å². The second kappa shape index (κ2) is 10.1. The molecule has 2 aliphatic rings. The average Bonchev–Trinajstić information content (AvgIpc) is 3.05. The molecule has 2 N–H and O–H groups in total. The van der Waals surface area contributed by atoms with Gasteiger partial charge in [0.15, 0.2) is 0 Å². The zero-order valence-electron chi connectivity index (χ0n) is 19.6. The highest BCUT2D eigenvalue weighted by molar-refractivity contribution is 6.20. The molecule has 0 radical (unpaired) electrons. The molecule has 1 atom stereocenters. The number of hydrogen-bond donors (Lipinski definition) is 2. The lowest BCUT2D eigenvalue weighted by molar-refractivity contribution is -0.137. The van der Waals surface area contributed by atoms with Crippen molar-refractivity contribution >= 4 is 28.9 Å². The Morgan fingerprint density at radius 1 is 1.00 bits per heavy atom. The summed E-state index contributed by atoms with van der Waals surface area (Å²) in [6, 6.07) is 19.3. The molecule has 0 aromatic heterocycles.